The molecule has 5 aliphatic heterocycles. The number of amides is 6. The molecule has 0 saturated carbocycles. The summed E-state index contributed by atoms with van der Waals surface area (Å²) in [5.74, 6) is -2.42. The van der Waals surface area contributed by atoms with Crippen LogP contribution in [-0.4, -0.2) is 109 Å². The Morgan fingerprint density at radius 3 is 1.86 bits per heavy atom. The van der Waals surface area contributed by atoms with Crippen molar-refractivity contribution in [2.45, 2.75) is 127 Å². The predicted octanol–water partition coefficient (Wildman–Crippen LogP) is 7.64. The first-order chi connectivity index (χ1) is 40.8. The molecule has 6 amide bonds. The van der Waals surface area contributed by atoms with Gasteiger partial charge in [-0.25, -0.2) is 0 Å². The second-order valence-corrected chi connectivity index (χ2v) is 24.0. The maximum Gasteiger partial charge on any atom is 0.270 e. The lowest BCUT2D eigenvalue weighted by molar-refractivity contribution is -0.137. The molecular formula is C64H67N5O15S. The number of nitrogens with one attached hydrogen (secondary N) is 2. The minimum Gasteiger partial charge on any atom is -0.493 e. The lowest BCUT2D eigenvalue weighted by atomic mass is 9.99. The first kappa shape index (κ1) is 59.5. The molecule has 5 aromatic carbocycles. The van der Waals surface area contributed by atoms with Crippen LogP contribution in [0.15, 0.2) is 103 Å². The smallest absolute Gasteiger partial charge is 0.270 e. The molecule has 5 aromatic rings. The number of nitrogens with zero attached hydrogens (tertiary/aromatic N) is 3. The van der Waals surface area contributed by atoms with Crippen LogP contribution in [-0.2, 0) is 77.8 Å². The standard InChI is InChI=1S/C64H67N5O15S/c1-37(24-53(71)38(2)65-59(72)18-10-7-14-47(70)15-11-23-67-60(73)21-22-61(67)74)62(75)66-45-26-39(35-83-56-30-41-19-20-46-28-42-12-5-8-16-50(42)68(46)63(76)48(41)33-54(56)81-3)25-40(27-45)36-84-57-31-44-32-58(85(78,79)80)52-29-43-13-6-9-17-51(43)69(52)64(77)49(44)34-55(57)82-4/h5-6,8-9,12-13,16-17,21-22,25-27,30-31,33-34,37-38,46,52,58H,7,10-11,14-15,18-20,23-24,28-29,32,35-36H2,1-4H3,(H,65,72)(H,66,75)(H,78,79,80)/t37-,38+,46-,52+,58?/m1/s1. The molecule has 3 N–H and O–H groups in total. The number of unbranched alkanes of at least 4 members (excludes halogenated alkanes) is 1. The van der Waals surface area contributed by atoms with Crippen LogP contribution in [0.2, 0.25) is 0 Å². The summed E-state index contributed by atoms with van der Waals surface area (Å²) in [5.41, 5.74) is 6.67. The van der Waals surface area contributed by atoms with Crippen molar-refractivity contribution < 1.29 is 70.3 Å². The molecule has 20 nitrogen and oxygen atoms in total. The van der Waals surface area contributed by atoms with E-state index in [-0.39, 0.29) is 105 Å². The number of hydrogen-bond acceptors (Lipinski definition) is 14. The molecule has 0 fully saturated rings. The molecule has 0 saturated heterocycles. The van der Waals surface area contributed by atoms with Gasteiger partial charge in [0, 0.05) is 84.5 Å². The molecule has 5 heterocycles. The van der Waals surface area contributed by atoms with Crippen molar-refractivity contribution in [2.75, 3.05) is 35.9 Å². The number of anilines is 3. The van der Waals surface area contributed by atoms with Gasteiger partial charge in [-0.1, -0.05) is 43.3 Å². The number of carbonyl (C=O) groups excluding carboxylic acids is 8. The van der Waals surface area contributed by atoms with Crippen LogP contribution in [0.1, 0.15) is 119 Å². The van der Waals surface area contributed by atoms with E-state index >= 15 is 0 Å². The van der Waals surface area contributed by atoms with E-state index in [0.717, 1.165) is 40.1 Å². The van der Waals surface area contributed by atoms with Gasteiger partial charge < -0.3 is 39.4 Å². The quantitative estimate of drug-likeness (QED) is 0.0305. The number of methoxy groups -OCH3 is 2. The first-order valence-electron chi connectivity index (χ1n) is 28.6. The summed E-state index contributed by atoms with van der Waals surface area (Å²) in [7, 11) is -1.76. The highest BCUT2D eigenvalue weighted by atomic mass is 32.2. The van der Waals surface area contributed by atoms with Crippen molar-refractivity contribution in [2.24, 2.45) is 5.92 Å². The van der Waals surface area contributed by atoms with Crippen LogP contribution in [0.5, 0.6) is 23.0 Å². The number of ether oxygens (including phenoxy) is 4. The maximum absolute atomic E-state index is 14.4. The Morgan fingerprint density at radius 2 is 1.22 bits per heavy atom. The van der Waals surface area contributed by atoms with Crippen molar-refractivity contribution in [1.29, 1.82) is 0 Å². The topological polar surface area (TPSA) is 262 Å². The lowest BCUT2D eigenvalue weighted by Crippen LogP contribution is -2.47. The van der Waals surface area contributed by atoms with E-state index in [1.807, 2.05) is 41.3 Å². The Hall–Kier alpha value is -8.69. The van der Waals surface area contributed by atoms with E-state index in [2.05, 4.69) is 16.7 Å². The lowest BCUT2D eigenvalue weighted by Gasteiger charge is -2.27. The Labute approximate surface area is 492 Å². The van der Waals surface area contributed by atoms with E-state index in [9.17, 15) is 51.3 Å². The molecule has 5 atom stereocenters. The predicted molar refractivity (Wildman–Crippen MR) is 314 cm³/mol. The summed E-state index contributed by atoms with van der Waals surface area (Å²) in [6.07, 6.45) is 6.02. The van der Waals surface area contributed by atoms with Crippen LogP contribution in [0, 0.1) is 5.92 Å². The zero-order valence-electron chi connectivity index (χ0n) is 47.7. The molecule has 0 spiro atoms. The van der Waals surface area contributed by atoms with Gasteiger partial charge in [0.15, 0.2) is 28.8 Å². The number of aryl methyl sites for hydroxylation is 1. The minimum absolute atomic E-state index is 0.00692. The Balaban J connectivity index is 0.829. The summed E-state index contributed by atoms with van der Waals surface area (Å²) in [4.78, 5) is 109. The number of ketones is 2. The number of carbonyl (C=O) groups is 8. The molecule has 85 heavy (non-hydrogen) atoms. The maximum atomic E-state index is 14.4. The van der Waals surface area contributed by atoms with Crippen molar-refractivity contribution in [1.82, 2.24) is 10.2 Å². The highest BCUT2D eigenvalue weighted by Crippen LogP contribution is 2.44. The Bertz CT molecular complexity index is 3660. The van der Waals surface area contributed by atoms with Gasteiger partial charge in [0.05, 0.1) is 26.3 Å². The van der Waals surface area contributed by atoms with Gasteiger partial charge in [-0.2, -0.15) is 8.42 Å². The Morgan fingerprint density at radius 1 is 0.659 bits per heavy atom. The first-order valence-corrected chi connectivity index (χ1v) is 30.1. The number of fused-ring (bicyclic) bond motifs is 8. The number of imide groups is 1. The fourth-order valence-corrected chi connectivity index (χ4v) is 13.1. The van der Waals surface area contributed by atoms with Crippen LogP contribution in [0.4, 0.5) is 17.1 Å². The Kier molecular flexibility index (Phi) is 17.7. The third-order valence-electron chi connectivity index (χ3n) is 16.5. The molecule has 21 heteroatoms. The number of rotatable bonds is 24. The van der Waals surface area contributed by atoms with Gasteiger partial charge in [0.1, 0.15) is 24.2 Å². The van der Waals surface area contributed by atoms with Gasteiger partial charge >= 0.3 is 0 Å². The van der Waals surface area contributed by atoms with E-state index < -0.39 is 57.0 Å². The molecule has 0 radical (unpaired) electrons. The second kappa shape index (κ2) is 25.3. The molecule has 444 valence electrons. The van der Waals surface area contributed by atoms with Gasteiger partial charge in [0.25, 0.3) is 33.7 Å². The summed E-state index contributed by atoms with van der Waals surface area (Å²) >= 11 is 0. The van der Waals surface area contributed by atoms with Crippen molar-refractivity contribution in [3.63, 3.8) is 0 Å². The van der Waals surface area contributed by atoms with E-state index in [0.29, 0.717) is 70.8 Å². The van der Waals surface area contributed by atoms with Crippen molar-refractivity contribution in [3.05, 3.63) is 148 Å². The average Bonchev–Trinajstić information content (AvgIpc) is 2.20. The van der Waals surface area contributed by atoms with Crippen LogP contribution < -0.4 is 39.4 Å². The highest BCUT2D eigenvalue weighted by Gasteiger charge is 2.47. The fraction of sp³-hybridized carbons (Fsp3) is 0.375. The largest absolute Gasteiger partial charge is 0.493 e. The van der Waals surface area contributed by atoms with Gasteiger partial charge in [-0.05, 0) is 146 Å². The van der Waals surface area contributed by atoms with E-state index in [1.54, 1.807) is 56.3 Å². The number of benzene rings is 5. The fourth-order valence-electron chi connectivity index (χ4n) is 12.1. The molecule has 0 bridgehead atoms. The SMILES string of the molecule is COc1cc2c(cc1OCc1cc(COc3cc4c(cc3OC)C(=O)N3c5ccccc5C[C@H]3C(S(=O)(=O)O)C4)cc(NC(=O)[C@H](C)CC(=O)[C@H](C)NC(=O)CCCCC(=O)CCCN3C(=O)C=CC3=O)c1)CC[C@@H]1Cc3ccccc3N1C2=O. The minimum atomic E-state index is -4.67. The number of Topliss-reactive ketones (excluding diaryl/α,β-unsaturated/α-hetero) is 2. The molecule has 0 aromatic heterocycles. The van der Waals surface area contributed by atoms with Gasteiger partial charge in [0.2, 0.25) is 11.8 Å². The third-order valence-corrected chi connectivity index (χ3v) is 17.8. The van der Waals surface area contributed by atoms with Gasteiger partial charge in [-0.15, -0.1) is 0 Å². The summed E-state index contributed by atoms with van der Waals surface area (Å²) in [5, 5.41) is 4.28. The van der Waals surface area contributed by atoms with Crippen molar-refractivity contribution in [3.8, 4) is 23.0 Å². The van der Waals surface area contributed by atoms with Gasteiger partial charge in [-0.3, -0.25) is 47.8 Å². The zero-order valence-corrected chi connectivity index (χ0v) is 48.5. The normalized spacial score (nSPS) is 18.2. The van der Waals surface area contributed by atoms with Crippen LogP contribution in [0.25, 0.3) is 0 Å². The third kappa shape index (κ3) is 13.0. The molecule has 5 aliphatic rings. The van der Waals surface area contributed by atoms with Crippen LogP contribution in [0.3, 0.4) is 0 Å². The van der Waals surface area contributed by atoms with E-state index in [1.165, 1.54) is 37.3 Å². The van der Waals surface area contributed by atoms with E-state index in [4.69, 9.17) is 18.9 Å². The number of para-hydroxylation sites is 2. The molecular weight excluding hydrogens is 1110 g/mol. The van der Waals surface area contributed by atoms with Crippen LogP contribution >= 0.6 is 0 Å². The van der Waals surface area contributed by atoms with Crippen molar-refractivity contribution >= 4 is 74.2 Å². The summed E-state index contributed by atoms with van der Waals surface area (Å²) < 4.78 is 61.2. The average molecular weight is 1180 g/mol. The summed E-state index contributed by atoms with van der Waals surface area (Å²) in [6, 6.07) is 25.1. The highest BCUT2D eigenvalue weighted by molar-refractivity contribution is 7.86. The second-order valence-electron chi connectivity index (χ2n) is 22.3. The summed E-state index contributed by atoms with van der Waals surface area (Å²) in [6.45, 7) is 3.11. The molecule has 10 rings (SSSR count). The molecule has 0 aliphatic carbocycles. The monoisotopic (exact) mass is 1180 g/mol. The number of hydrogen-bond donors (Lipinski definition) is 3. The zero-order chi connectivity index (χ0) is 60.3. The molecule has 1 unspecified atom stereocenters.